The highest BCUT2D eigenvalue weighted by molar-refractivity contribution is 7.32. The molecule has 6 heteroatoms. The largest absolute Gasteiger partial charge is 0.206 e. The molecule has 4 aromatic heterocycles. The van der Waals surface area contributed by atoms with E-state index < -0.39 is 0 Å². The molecule has 0 bridgehead atoms. The van der Waals surface area contributed by atoms with Gasteiger partial charge >= 0.3 is 0 Å². The van der Waals surface area contributed by atoms with E-state index in [-0.39, 0.29) is 11.6 Å². The molecule has 0 saturated heterocycles. The fourth-order valence-corrected chi connectivity index (χ4v) is 13.7. The Balaban J connectivity index is 1.08. The summed E-state index contributed by atoms with van der Waals surface area (Å²) in [6.07, 6.45) is 2.84. The first-order chi connectivity index (χ1) is 19.7. The third-order valence-corrected chi connectivity index (χ3v) is 14.9. The van der Waals surface area contributed by atoms with E-state index in [0.717, 1.165) is 33.7 Å². The van der Waals surface area contributed by atoms with Crippen molar-refractivity contribution in [3.05, 3.63) is 105 Å². The Bertz CT molecular complexity index is 2190. The molecule has 3 aromatic carbocycles. The molecule has 7 aromatic rings. The highest BCUT2D eigenvalue weighted by Gasteiger charge is 2.40. The molecule has 0 N–H and O–H groups in total. The summed E-state index contributed by atoms with van der Waals surface area (Å²) >= 11 is 7.01. The second kappa shape index (κ2) is 7.00. The van der Waals surface area contributed by atoms with Gasteiger partial charge in [0.1, 0.15) is 11.6 Å². The van der Waals surface area contributed by atoms with Crippen LogP contribution in [0.25, 0.3) is 60.6 Å². The molecule has 0 amide bonds. The average Bonchev–Trinajstić information content (AvgIpc) is 3.79. The van der Waals surface area contributed by atoms with Crippen LogP contribution >= 0.6 is 45.3 Å². The van der Waals surface area contributed by atoms with Crippen LogP contribution in [-0.2, 0) is 25.7 Å². The number of benzene rings is 3. The molecule has 0 spiro atoms. The zero-order valence-electron chi connectivity index (χ0n) is 20.8. The first-order valence-electron chi connectivity index (χ1n) is 13.5. The number of halogens is 2. The molecule has 0 radical (unpaired) electrons. The molecule has 4 heterocycles. The maximum Gasteiger partial charge on any atom is 0.136 e. The summed E-state index contributed by atoms with van der Waals surface area (Å²) in [5, 5.41) is 0. The number of fused-ring (bicyclic) bond motifs is 18. The van der Waals surface area contributed by atoms with E-state index >= 15 is 8.78 Å². The topological polar surface area (TPSA) is 0 Å². The number of hydrogen-bond donors (Lipinski definition) is 0. The van der Waals surface area contributed by atoms with Crippen molar-refractivity contribution < 1.29 is 8.78 Å². The fourth-order valence-electron chi connectivity index (χ4n) is 7.65. The maximum absolute atomic E-state index is 16.5. The van der Waals surface area contributed by atoms with Crippen LogP contribution < -0.4 is 0 Å². The summed E-state index contributed by atoms with van der Waals surface area (Å²) in [4.78, 5) is 4.61. The van der Waals surface area contributed by atoms with Crippen molar-refractivity contribution >= 4 is 64.1 Å². The Morgan fingerprint density at radius 2 is 0.800 bits per heavy atom. The van der Waals surface area contributed by atoms with Gasteiger partial charge in [0.05, 0.1) is 18.8 Å². The number of hydrogen-bond acceptors (Lipinski definition) is 4. The summed E-state index contributed by atoms with van der Waals surface area (Å²) in [6.45, 7) is 0. The Morgan fingerprint density at radius 1 is 0.425 bits per heavy atom. The molecule has 190 valence electrons. The van der Waals surface area contributed by atoms with E-state index in [9.17, 15) is 0 Å². The SMILES string of the molecule is Fc1c2c(c(F)c3c1-c1sc4c5c(sc4c1C3)-c1ccccc1C5)-c1sc3c4c(sc3c1C2)-c1ccccc1C4. The molecule has 4 aliphatic rings. The first kappa shape index (κ1) is 21.6. The van der Waals surface area contributed by atoms with Crippen molar-refractivity contribution in [1.82, 2.24) is 0 Å². The van der Waals surface area contributed by atoms with E-state index in [2.05, 4.69) is 48.5 Å². The van der Waals surface area contributed by atoms with E-state index in [1.54, 1.807) is 22.7 Å². The lowest BCUT2D eigenvalue weighted by atomic mass is 9.99. The van der Waals surface area contributed by atoms with Crippen LogP contribution in [0.2, 0.25) is 0 Å². The average molecular weight is 591 g/mol. The summed E-state index contributed by atoms with van der Waals surface area (Å²) in [6, 6.07) is 17.2. The molecule has 4 aliphatic carbocycles. The van der Waals surface area contributed by atoms with Gasteiger partial charge in [-0.05, 0) is 44.5 Å². The molecule has 0 unspecified atom stereocenters. The monoisotopic (exact) mass is 590 g/mol. The normalized spacial score (nSPS) is 14.8. The predicted octanol–water partition coefficient (Wildman–Crippen LogP) is 10.8. The zero-order chi connectivity index (χ0) is 26.0. The van der Waals surface area contributed by atoms with E-state index in [1.807, 2.05) is 22.7 Å². The van der Waals surface area contributed by atoms with Crippen molar-refractivity contribution in [2.24, 2.45) is 0 Å². The number of rotatable bonds is 0. The minimum atomic E-state index is -0.190. The van der Waals surface area contributed by atoms with Crippen LogP contribution in [0.5, 0.6) is 0 Å². The summed E-state index contributed by atoms with van der Waals surface area (Å²) < 4.78 is 38.1. The standard InChI is InChI=1S/C34H16F2S4/c35-25-18-12-22-30(40-32-20-10-14-6-2-4-8-16(14)28(20)38-34(22)32)24(18)26(36)17-11-21-29(23(17)25)39-31-19-9-13-5-1-3-7-15(13)27(19)37-33(21)31/h1-8H,9-12H2. The first-order valence-corrected chi connectivity index (χ1v) is 16.8. The summed E-state index contributed by atoms with van der Waals surface area (Å²) in [5.41, 5.74) is 12.6. The molecule has 0 saturated carbocycles. The molecule has 0 aliphatic heterocycles. The minimum Gasteiger partial charge on any atom is -0.206 e. The van der Waals surface area contributed by atoms with Gasteiger partial charge in [0.25, 0.3) is 0 Å². The van der Waals surface area contributed by atoms with Crippen LogP contribution in [0.3, 0.4) is 0 Å². The van der Waals surface area contributed by atoms with Gasteiger partial charge < -0.3 is 0 Å². The third-order valence-electron chi connectivity index (χ3n) is 9.41. The Morgan fingerprint density at radius 3 is 1.25 bits per heavy atom. The van der Waals surface area contributed by atoms with E-state index in [1.165, 1.54) is 61.9 Å². The highest BCUT2D eigenvalue weighted by Crippen LogP contribution is 2.60. The second-order valence-electron chi connectivity index (χ2n) is 11.3. The molecule has 11 rings (SSSR count). The lowest BCUT2D eigenvalue weighted by Crippen LogP contribution is -1.99. The fraction of sp³-hybridized carbons (Fsp3) is 0.118. The van der Waals surface area contributed by atoms with Crippen LogP contribution in [0.4, 0.5) is 8.78 Å². The second-order valence-corrected chi connectivity index (χ2v) is 15.4. The van der Waals surface area contributed by atoms with Gasteiger partial charge in [0.2, 0.25) is 0 Å². The van der Waals surface area contributed by atoms with Gasteiger partial charge in [0.15, 0.2) is 0 Å². The van der Waals surface area contributed by atoms with Crippen LogP contribution in [0, 0.1) is 11.6 Å². The maximum atomic E-state index is 16.5. The van der Waals surface area contributed by atoms with Gasteiger partial charge in [-0.2, -0.15) is 0 Å². The Hall–Kier alpha value is -3.16. The number of thiophene rings is 4. The lowest BCUT2D eigenvalue weighted by molar-refractivity contribution is 0.591. The Labute approximate surface area is 243 Å². The van der Waals surface area contributed by atoms with Crippen LogP contribution in [0.1, 0.15) is 44.5 Å². The minimum absolute atomic E-state index is 0.190. The Kier molecular flexibility index (Phi) is 3.77. The van der Waals surface area contributed by atoms with Gasteiger partial charge in [-0.15, -0.1) is 45.3 Å². The third kappa shape index (κ3) is 2.33. The van der Waals surface area contributed by atoms with E-state index in [0.29, 0.717) is 35.1 Å². The van der Waals surface area contributed by atoms with Crippen molar-refractivity contribution in [3.63, 3.8) is 0 Å². The van der Waals surface area contributed by atoms with Gasteiger partial charge in [-0.3, -0.25) is 0 Å². The van der Waals surface area contributed by atoms with Gasteiger partial charge in [-0.25, -0.2) is 8.78 Å². The molecular formula is C34H16F2S4. The quantitative estimate of drug-likeness (QED) is 0.165. The van der Waals surface area contributed by atoms with Crippen LogP contribution in [-0.4, -0.2) is 0 Å². The lowest BCUT2D eigenvalue weighted by Gasteiger charge is -2.11. The van der Waals surface area contributed by atoms with Crippen molar-refractivity contribution in [3.8, 4) is 41.8 Å². The predicted molar refractivity (Wildman–Crippen MR) is 166 cm³/mol. The van der Waals surface area contributed by atoms with E-state index in [4.69, 9.17) is 0 Å². The molecule has 0 fully saturated rings. The molecule has 40 heavy (non-hydrogen) atoms. The highest BCUT2D eigenvalue weighted by atomic mass is 32.1. The van der Waals surface area contributed by atoms with Crippen molar-refractivity contribution in [1.29, 1.82) is 0 Å². The van der Waals surface area contributed by atoms with Gasteiger partial charge in [-0.1, -0.05) is 48.5 Å². The van der Waals surface area contributed by atoms with Crippen molar-refractivity contribution in [2.75, 3.05) is 0 Å². The zero-order valence-corrected chi connectivity index (χ0v) is 24.1. The van der Waals surface area contributed by atoms with Gasteiger partial charge in [0, 0.05) is 67.4 Å². The van der Waals surface area contributed by atoms with Crippen molar-refractivity contribution in [2.45, 2.75) is 25.7 Å². The molecular weight excluding hydrogens is 575 g/mol. The molecule has 0 atom stereocenters. The smallest absolute Gasteiger partial charge is 0.136 e. The van der Waals surface area contributed by atoms with Crippen LogP contribution in [0.15, 0.2) is 48.5 Å². The summed E-state index contributed by atoms with van der Waals surface area (Å²) in [5.74, 6) is -0.380. The summed E-state index contributed by atoms with van der Waals surface area (Å²) in [7, 11) is 0. The molecule has 0 nitrogen and oxygen atoms in total.